The smallest absolute Gasteiger partial charge is 0.0853 e. The van der Waals surface area contributed by atoms with Crippen molar-refractivity contribution in [3.63, 3.8) is 0 Å². The Balaban J connectivity index is 2.06. The molecule has 2 N–H and O–H groups in total. The Morgan fingerprint density at radius 3 is 2.61 bits per heavy atom. The largest absolute Gasteiger partial charge is 0.374 e. The van der Waals surface area contributed by atoms with Crippen molar-refractivity contribution in [3.05, 3.63) is 0 Å². The topological polar surface area (TPSA) is 38.5 Å². The summed E-state index contributed by atoms with van der Waals surface area (Å²) in [6.07, 6.45) is 9.42. The summed E-state index contributed by atoms with van der Waals surface area (Å²) in [7, 11) is 0. The molecule has 1 heterocycles. The van der Waals surface area contributed by atoms with E-state index in [2.05, 4.69) is 18.7 Å². The highest BCUT2D eigenvalue weighted by Gasteiger charge is 2.24. The molecular formula is C15H32N2O. The minimum Gasteiger partial charge on any atom is -0.374 e. The van der Waals surface area contributed by atoms with Gasteiger partial charge in [0.2, 0.25) is 0 Å². The lowest BCUT2D eigenvalue weighted by atomic mass is 10.0. The number of nitrogens with two attached hydrogens (primary N) is 1. The SMILES string of the molecule is CCCCCCCCC(N)C1CN(CC)CCO1. The van der Waals surface area contributed by atoms with Crippen molar-refractivity contribution in [1.29, 1.82) is 0 Å². The molecule has 3 nitrogen and oxygen atoms in total. The summed E-state index contributed by atoms with van der Waals surface area (Å²) in [6.45, 7) is 8.52. The molecule has 0 aromatic rings. The Bertz CT molecular complexity index is 199. The summed E-state index contributed by atoms with van der Waals surface area (Å²) >= 11 is 0. The highest BCUT2D eigenvalue weighted by atomic mass is 16.5. The molecule has 0 aromatic carbocycles. The minimum atomic E-state index is 0.227. The summed E-state index contributed by atoms with van der Waals surface area (Å²) < 4.78 is 5.80. The van der Waals surface area contributed by atoms with Crippen LogP contribution in [0.25, 0.3) is 0 Å². The molecule has 0 amide bonds. The number of morpholine rings is 1. The van der Waals surface area contributed by atoms with Crippen LogP contribution in [0.15, 0.2) is 0 Å². The summed E-state index contributed by atoms with van der Waals surface area (Å²) in [5.41, 5.74) is 6.25. The van der Waals surface area contributed by atoms with Gasteiger partial charge in [0.1, 0.15) is 0 Å². The van der Waals surface area contributed by atoms with Crippen LogP contribution in [-0.2, 0) is 4.74 Å². The van der Waals surface area contributed by atoms with Crippen molar-refractivity contribution in [2.45, 2.75) is 70.9 Å². The van der Waals surface area contributed by atoms with Crippen LogP contribution in [0.3, 0.4) is 0 Å². The molecule has 1 aliphatic heterocycles. The van der Waals surface area contributed by atoms with Crippen LogP contribution in [-0.4, -0.2) is 43.3 Å². The first-order valence-corrected chi connectivity index (χ1v) is 7.87. The monoisotopic (exact) mass is 256 g/mol. The molecule has 0 saturated carbocycles. The minimum absolute atomic E-state index is 0.227. The van der Waals surface area contributed by atoms with Gasteiger partial charge in [-0.05, 0) is 13.0 Å². The molecule has 1 aliphatic rings. The van der Waals surface area contributed by atoms with Crippen molar-refractivity contribution in [3.8, 4) is 0 Å². The van der Waals surface area contributed by atoms with Crippen molar-refractivity contribution in [1.82, 2.24) is 4.90 Å². The number of nitrogens with zero attached hydrogens (tertiary/aromatic N) is 1. The van der Waals surface area contributed by atoms with Crippen LogP contribution in [0.2, 0.25) is 0 Å². The van der Waals surface area contributed by atoms with Gasteiger partial charge in [-0.1, -0.05) is 52.4 Å². The highest BCUT2D eigenvalue weighted by molar-refractivity contribution is 4.80. The normalized spacial score (nSPS) is 23.2. The van der Waals surface area contributed by atoms with E-state index in [1.54, 1.807) is 0 Å². The molecule has 18 heavy (non-hydrogen) atoms. The lowest BCUT2D eigenvalue weighted by molar-refractivity contribution is -0.0401. The van der Waals surface area contributed by atoms with Crippen molar-refractivity contribution >= 4 is 0 Å². The fourth-order valence-electron chi connectivity index (χ4n) is 2.62. The maximum absolute atomic E-state index is 6.25. The van der Waals surface area contributed by atoms with Crippen LogP contribution in [0.1, 0.15) is 58.8 Å². The Morgan fingerprint density at radius 1 is 1.17 bits per heavy atom. The van der Waals surface area contributed by atoms with E-state index in [-0.39, 0.29) is 12.1 Å². The summed E-state index contributed by atoms with van der Waals surface area (Å²) in [5, 5.41) is 0. The molecule has 108 valence electrons. The number of rotatable bonds is 9. The van der Waals surface area contributed by atoms with Gasteiger partial charge < -0.3 is 10.5 Å². The number of likely N-dealkylation sites (N-methyl/N-ethyl adjacent to an activating group) is 1. The molecule has 0 radical (unpaired) electrons. The Kier molecular flexibility index (Phi) is 8.64. The molecule has 0 aliphatic carbocycles. The molecule has 2 atom stereocenters. The second-order valence-electron chi connectivity index (χ2n) is 5.52. The third kappa shape index (κ3) is 6.17. The molecule has 1 saturated heterocycles. The van der Waals surface area contributed by atoms with E-state index in [4.69, 9.17) is 10.5 Å². The van der Waals surface area contributed by atoms with E-state index in [9.17, 15) is 0 Å². The van der Waals surface area contributed by atoms with E-state index in [0.717, 1.165) is 32.7 Å². The van der Waals surface area contributed by atoms with E-state index in [1.807, 2.05) is 0 Å². The zero-order chi connectivity index (χ0) is 13.2. The predicted molar refractivity (Wildman–Crippen MR) is 77.8 cm³/mol. The van der Waals surface area contributed by atoms with Gasteiger partial charge in [-0.2, -0.15) is 0 Å². The standard InChI is InChI=1S/C15H32N2O/c1-3-5-6-7-8-9-10-14(16)15-13-17(4-2)11-12-18-15/h14-15H,3-13,16H2,1-2H3. The lowest BCUT2D eigenvalue weighted by Gasteiger charge is -2.35. The van der Waals surface area contributed by atoms with Gasteiger partial charge in [-0.15, -0.1) is 0 Å². The molecule has 3 heteroatoms. The predicted octanol–water partition coefficient (Wildman–Crippen LogP) is 2.79. The van der Waals surface area contributed by atoms with Gasteiger partial charge >= 0.3 is 0 Å². The van der Waals surface area contributed by atoms with Crippen LogP contribution < -0.4 is 5.73 Å². The number of hydrogen-bond donors (Lipinski definition) is 1. The first-order valence-electron chi connectivity index (χ1n) is 7.87. The van der Waals surface area contributed by atoms with Crippen LogP contribution in [0, 0.1) is 0 Å². The van der Waals surface area contributed by atoms with Gasteiger partial charge in [-0.25, -0.2) is 0 Å². The van der Waals surface area contributed by atoms with Gasteiger partial charge in [0.05, 0.1) is 12.7 Å². The molecule has 1 fully saturated rings. The number of unbranched alkanes of at least 4 members (excludes halogenated alkanes) is 5. The van der Waals surface area contributed by atoms with Gasteiger partial charge in [0.25, 0.3) is 0 Å². The van der Waals surface area contributed by atoms with E-state index in [0.29, 0.717) is 0 Å². The summed E-state index contributed by atoms with van der Waals surface area (Å²) in [4.78, 5) is 2.44. The van der Waals surface area contributed by atoms with Gasteiger partial charge in [-0.3, -0.25) is 4.90 Å². The van der Waals surface area contributed by atoms with Crippen molar-refractivity contribution < 1.29 is 4.74 Å². The first kappa shape index (κ1) is 15.9. The fraction of sp³-hybridized carbons (Fsp3) is 1.00. The Hall–Kier alpha value is -0.120. The van der Waals surface area contributed by atoms with Crippen LogP contribution in [0.4, 0.5) is 0 Å². The zero-order valence-corrected chi connectivity index (χ0v) is 12.4. The molecule has 2 unspecified atom stereocenters. The number of ether oxygens (including phenoxy) is 1. The van der Waals surface area contributed by atoms with Gasteiger partial charge in [0.15, 0.2) is 0 Å². The van der Waals surface area contributed by atoms with Crippen molar-refractivity contribution in [2.24, 2.45) is 5.73 Å². The Morgan fingerprint density at radius 2 is 1.89 bits per heavy atom. The summed E-state index contributed by atoms with van der Waals surface area (Å²) in [6, 6.07) is 0.227. The molecule has 1 rings (SSSR count). The zero-order valence-electron chi connectivity index (χ0n) is 12.4. The number of hydrogen-bond acceptors (Lipinski definition) is 3. The average molecular weight is 256 g/mol. The second-order valence-corrected chi connectivity index (χ2v) is 5.52. The van der Waals surface area contributed by atoms with Crippen molar-refractivity contribution in [2.75, 3.05) is 26.2 Å². The quantitative estimate of drug-likeness (QED) is 0.645. The fourth-order valence-corrected chi connectivity index (χ4v) is 2.62. The molecule has 0 spiro atoms. The van der Waals surface area contributed by atoms with Crippen LogP contribution in [0.5, 0.6) is 0 Å². The molecule has 0 bridgehead atoms. The Labute approximate surface area is 113 Å². The van der Waals surface area contributed by atoms with E-state index < -0.39 is 0 Å². The lowest BCUT2D eigenvalue weighted by Crippen LogP contribution is -2.50. The maximum atomic E-state index is 6.25. The van der Waals surface area contributed by atoms with E-state index >= 15 is 0 Å². The van der Waals surface area contributed by atoms with E-state index in [1.165, 1.54) is 38.5 Å². The van der Waals surface area contributed by atoms with Gasteiger partial charge in [0, 0.05) is 19.1 Å². The first-order chi connectivity index (χ1) is 8.77. The van der Waals surface area contributed by atoms with Crippen LogP contribution >= 0.6 is 0 Å². The third-order valence-corrected chi connectivity index (χ3v) is 3.99. The second kappa shape index (κ2) is 9.76. The third-order valence-electron chi connectivity index (χ3n) is 3.99. The highest BCUT2D eigenvalue weighted by Crippen LogP contribution is 2.14. The maximum Gasteiger partial charge on any atom is 0.0853 e. The molecular weight excluding hydrogens is 224 g/mol. The average Bonchev–Trinajstić information content (AvgIpc) is 2.42. The summed E-state index contributed by atoms with van der Waals surface area (Å²) in [5.74, 6) is 0. The molecule has 0 aromatic heterocycles.